The van der Waals surface area contributed by atoms with Crippen LogP contribution < -0.4 is 16.2 Å². The lowest BCUT2D eigenvalue weighted by atomic mass is 10.1. The molecule has 0 fully saturated rings. The van der Waals surface area contributed by atoms with Crippen LogP contribution in [-0.2, 0) is 6.18 Å². The van der Waals surface area contributed by atoms with E-state index in [4.69, 9.17) is 0 Å². The number of hydrazone groups is 2. The highest BCUT2D eigenvalue weighted by Crippen LogP contribution is 2.29. The SMILES string of the molecule is C/C(=N\Nc1ccc(C=NNC(=O)Nc2c(C)cccc2C)cc1)c1ccc(C(F)(F)F)cc1. The summed E-state index contributed by atoms with van der Waals surface area (Å²) in [6, 6.07) is 17.2. The average Bonchev–Trinajstić information content (AvgIpc) is 2.80. The summed E-state index contributed by atoms with van der Waals surface area (Å²) in [5.41, 5.74) is 9.81. The Kier molecular flexibility index (Phi) is 7.68. The largest absolute Gasteiger partial charge is 0.416 e. The van der Waals surface area contributed by atoms with E-state index in [2.05, 4.69) is 26.4 Å². The monoisotopic (exact) mass is 467 g/mol. The van der Waals surface area contributed by atoms with E-state index in [1.165, 1.54) is 18.3 Å². The smallest absolute Gasteiger partial charge is 0.306 e. The van der Waals surface area contributed by atoms with Crippen LogP contribution in [0, 0.1) is 13.8 Å². The van der Waals surface area contributed by atoms with E-state index in [-0.39, 0.29) is 0 Å². The van der Waals surface area contributed by atoms with Crippen LogP contribution in [-0.4, -0.2) is 18.0 Å². The van der Waals surface area contributed by atoms with Crippen LogP contribution in [0.3, 0.4) is 0 Å². The van der Waals surface area contributed by atoms with Crippen molar-refractivity contribution in [3.8, 4) is 0 Å². The van der Waals surface area contributed by atoms with Gasteiger partial charge in [0.2, 0.25) is 0 Å². The third kappa shape index (κ3) is 6.68. The Labute approximate surface area is 195 Å². The molecule has 34 heavy (non-hydrogen) atoms. The fourth-order valence-electron chi connectivity index (χ4n) is 3.08. The lowest BCUT2D eigenvalue weighted by Crippen LogP contribution is -2.25. The highest BCUT2D eigenvalue weighted by molar-refractivity contribution is 5.99. The molecule has 0 bridgehead atoms. The number of rotatable bonds is 6. The molecule has 0 heterocycles. The van der Waals surface area contributed by atoms with Crippen molar-refractivity contribution < 1.29 is 18.0 Å². The number of carbonyl (C=O) groups excluding carboxylic acids is 1. The second kappa shape index (κ2) is 10.7. The van der Waals surface area contributed by atoms with Crippen LogP contribution >= 0.6 is 0 Å². The first kappa shape index (κ1) is 24.5. The van der Waals surface area contributed by atoms with Gasteiger partial charge in [-0.3, -0.25) is 5.43 Å². The van der Waals surface area contributed by atoms with Crippen molar-refractivity contribution in [2.24, 2.45) is 10.2 Å². The van der Waals surface area contributed by atoms with Gasteiger partial charge in [0.05, 0.1) is 23.2 Å². The molecule has 0 radical (unpaired) electrons. The third-order valence-corrected chi connectivity index (χ3v) is 4.99. The highest BCUT2D eigenvalue weighted by atomic mass is 19.4. The molecule has 3 aromatic rings. The number of hydrogen-bond acceptors (Lipinski definition) is 4. The normalized spacial score (nSPS) is 12.0. The fourth-order valence-corrected chi connectivity index (χ4v) is 3.08. The van der Waals surface area contributed by atoms with Gasteiger partial charge in [-0.25, -0.2) is 10.2 Å². The quantitative estimate of drug-likeness (QED) is 0.293. The molecule has 0 aliphatic heterocycles. The third-order valence-electron chi connectivity index (χ3n) is 4.99. The van der Waals surface area contributed by atoms with Crippen LogP contribution in [0.15, 0.2) is 76.9 Å². The summed E-state index contributed by atoms with van der Waals surface area (Å²) in [5.74, 6) is 0. The average molecular weight is 467 g/mol. The van der Waals surface area contributed by atoms with Crippen LogP contribution in [0.5, 0.6) is 0 Å². The fraction of sp³-hybridized carbons (Fsp3) is 0.160. The number of urea groups is 1. The summed E-state index contributed by atoms with van der Waals surface area (Å²) in [4.78, 5) is 12.1. The number of carbonyl (C=O) groups is 1. The topological polar surface area (TPSA) is 77.9 Å². The van der Waals surface area contributed by atoms with E-state index in [0.29, 0.717) is 17.0 Å². The number of hydrogen-bond donors (Lipinski definition) is 3. The molecule has 0 saturated carbocycles. The second-order valence-corrected chi connectivity index (χ2v) is 7.60. The Morgan fingerprint density at radius 3 is 2.12 bits per heavy atom. The molecular weight excluding hydrogens is 443 g/mol. The van der Waals surface area contributed by atoms with Crippen molar-refractivity contribution in [3.63, 3.8) is 0 Å². The van der Waals surface area contributed by atoms with Crippen molar-refractivity contribution in [1.29, 1.82) is 0 Å². The molecule has 0 atom stereocenters. The standard InChI is InChI=1S/C25H24F3N5O/c1-16-5-4-6-17(2)23(16)30-24(34)33-29-15-19-7-13-22(14-8-19)32-31-18(3)20-9-11-21(12-10-20)25(26,27)28/h4-15,32H,1-3H3,(H2,30,33,34)/b29-15?,31-18+. The molecule has 9 heteroatoms. The van der Waals surface area contributed by atoms with Gasteiger partial charge in [-0.2, -0.15) is 23.4 Å². The van der Waals surface area contributed by atoms with E-state index in [9.17, 15) is 18.0 Å². The number of amides is 2. The van der Waals surface area contributed by atoms with Gasteiger partial charge in [-0.15, -0.1) is 0 Å². The predicted molar refractivity (Wildman–Crippen MR) is 129 cm³/mol. The highest BCUT2D eigenvalue weighted by Gasteiger charge is 2.29. The van der Waals surface area contributed by atoms with Crippen molar-refractivity contribution in [2.45, 2.75) is 26.9 Å². The molecule has 0 aliphatic rings. The summed E-state index contributed by atoms with van der Waals surface area (Å²) in [6.45, 7) is 5.53. The van der Waals surface area contributed by atoms with Crippen LogP contribution in [0.2, 0.25) is 0 Å². The molecule has 0 unspecified atom stereocenters. The molecule has 6 nitrogen and oxygen atoms in total. The Balaban J connectivity index is 1.53. The Hall–Kier alpha value is -4.14. The minimum absolute atomic E-state index is 0.444. The van der Waals surface area contributed by atoms with Crippen molar-refractivity contribution in [3.05, 3.63) is 94.5 Å². The summed E-state index contributed by atoms with van der Waals surface area (Å²) in [5, 5.41) is 10.9. The predicted octanol–water partition coefficient (Wildman–Crippen LogP) is 6.31. The lowest BCUT2D eigenvalue weighted by molar-refractivity contribution is -0.137. The van der Waals surface area contributed by atoms with Crippen LogP contribution in [0.25, 0.3) is 0 Å². The molecule has 3 N–H and O–H groups in total. The number of halogens is 3. The number of para-hydroxylation sites is 1. The summed E-state index contributed by atoms with van der Waals surface area (Å²) in [6.07, 6.45) is -2.86. The van der Waals surface area contributed by atoms with E-state index < -0.39 is 17.8 Å². The van der Waals surface area contributed by atoms with Gasteiger partial charge < -0.3 is 5.32 Å². The molecule has 176 valence electrons. The number of benzene rings is 3. The first-order valence-electron chi connectivity index (χ1n) is 10.4. The molecule has 3 rings (SSSR count). The van der Waals surface area contributed by atoms with E-state index >= 15 is 0 Å². The van der Waals surface area contributed by atoms with Gasteiger partial charge in [0.1, 0.15) is 0 Å². The van der Waals surface area contributed by atoms with Crippen molar-refractivity contribution >= 4 is 29.3 Å². The summed E-state index contributed by atoms with van der Waals surface area (Å²) < 4.78 is 38.0. The number of alkyl halides is 3. The summed E-state index contributed by atoms with van der Waals surface area (Å²) >= 11 is 0. The number of nitrogens with zero attached hydrogens (tertiary/aromatic N) is 2. The zero-order chi connectivity index (χ0) is 24.7. The molecule has 2 amide bonds. The second-order valence-electron chi connectivity index (χ2n) is 7.60. The molecule has 0 aromatic heterocycles. The van der Waals surface area contributed by atoms with Gasteiger partial charge >= 0.3 is 12.2 Å². The molecule has 0 spiro atoms. The van der Waals surface area contributed by atoms with Gasteiger partial charge in [-0.05, 0) is 67.3 Å². The van der Waals surface area contributed by atoms with Crippen molar-refractivity contribution in [2.75, 3.05) is 10.7 Å². The maximum absolute atomic E-state index is 12.7. The van der Waals surface area contributed by atoms with Gasteiger partial charge in [0.25, 0.3) is 0 Å². The molecular formula is C25H24F3N5O. The maximum atomic E-state index is 12.7. The van der Waals surface area contributed by atoms with E-state index in [0.717, 1.165) is 34.5 Å². The number of nitrogens with one attached hydrogen (secondary N) is 3. The van der Waals surface area contributed by atoms with Gasteiger partial charge in [0, 0.05) is 5.69 Å². The van der Waals surface area contributed by atoms with Crippen LogP contribution in [0.1, 0.15) is 34.7 Å². The molecule has 3 aromatic carbocycles. The minimum Gasteiger partial charge on any atom is -0.306 e. The maximum Gasteiger partial charge on any atom is 0.416 e. The summed E-state index contributed by atoms with van der Waals surface area (Å²) in [7, 11) is 0. The molecule has 0 aliphatic carbocycles. The zero-order valence-corrected chi connectivity index (χ0v) is 18.9. The Morgan fingerprint density at radius 2 is 1.53 bits per heavy atom. The van der Waals surface area contributed by atoms with E-state index in [1.807, 2.05) is 32.0 Å². The Bertz CT molecular complexity index is 1180. The Morgan fingerprint density at radius 1 is 0.912 bits per heavy atom. The minimum atomic E-state index is -4.37. The first-order valence-corrected chi connectivity index (χ1v) is 10.4. The van der Waals surface area contributed by atoms with Gasteiger partial charge in [0.15, 0.2) is 0 Å². The zero-order valence-electron chi connectivity index (χ0n) is 18.9. The lowest BCUT2D eigenvalue weighted by Gasteiger charge is -2.10. The molecule has 0 saturated heterocycles. The van der Waals surface area contributed by atoms with Crippen LogP contribution in [0.4, 0.5) is 29.3 Å². The first-order chi connectivity index (χ1) is 16.1. The van der Waals surface area contributed by atoms with Gasteiger partial charge in [-0.1, -0.05) is 42.5 Å². The number of aryl methyl sites for hydroxylation is 2. The van der Waals surface area contributed by atoms with Crippen molar-refractivity contribution in [1.82, 2.24) is 5.43 Å². The number of anilines is 2. The van der Waals surface area contributed by atoms with E-state index in [1.54, 1.807) is 31.2 Å².